The van der Waals surface area contributed by atoms with Gasteiger partial charge in [-0.3, -0.25) is 4.79 Å². The summed E-state index contributed by atoms with van der Waals surface area (Å²) >= 11 is 0. The molecule has 0 aliphatic heterocycles. The predicted octanol–water partition coefficient (Wildman–Crippen LogP) is 3.77. The fraction of sp³-hybridized carbons (Fsp3) is 0.0588. The minimum atomic E-state index is 0.0290. The maximum Gasteiger partial charge on any atom is 0.170 e. The number of benzene rings is 2. The van der Waals surface area contributed by atoms with E-state index in [2.05, 4.69) is 5.16 Å². The van der Waals surface area contributed by atoms with Crippen molar-refractivity contribution in [3.8, 4) is 11.3 Å². The Hall–Kier alpha value is -2.68. The standard InChI is InChI=1S/C17H13NO2/c19-17(14-9-5-2-6-10-14)12-15-11-16(18-20-15)13-7-3-1-4-8-13/h1-11H,12H2. The zero-order valence-electron chi connectivity index (χ0n) is 10.8. The highest BCUT2D eigenvalue weighted by Crippen LogP contribution is 2.19. The Kier molecular flexibility index (Phi) is 3.42. The van der Waals surface area contributed by atoms with Crippen molar-refractivity contribution in [2.45, 2.75) is 6.42 Å². The first-order valence-corrected chi connectivity index (χ1v) is 6.42. The van der Waals surface area contributed by atoms with Gasteiger partial charge in [-0.2, -0.15) is 0 Å². The second-order valence-corrected chi connectivity index (χ2v) is 4.51. The molecule has 1 heterocycles. The average Bonchev–Trinajstić information content (AvgIpc) is 2.97. The molecule has 3 heteroatoms. The fourth-order valence-corrected chi connectivity index (χ4v) is 2.03. The average molecular weight is 263 g/mol. The van der Waals surface area contributed by atoms with Crippen LogP contribution in [0.3, 0.4) is 0 Å². The van der Waals surface area contributed by atoms with Gasteiger partial charge in [-0.25, -0.2) is 0 Å². The molecule has 0 saturated carbocycles. The number of ketones is 1. The molecule has 2 aromatic carbocycles. The van der Waals surface area contributed by atoms with E-state index in [1.165, 1.54) is 0 Å². The summed E-state index contributed by atoms with van der Waals surface area (Å²) in [6.07, 6.45) is 0.226. The summed E-state index contributed by atoms with van der Waals surface area (Å²) in [7, 11) is 0. The topological polar surface area (TPSA) is 43.1 Å². The quantitative estimate of drug-likeness (QED) is 0.673. The van der Waals surface area contributed by atoms with E-state index in [1.54, 1.807) is 12.1 Å². The lowest BCUT2D eigenvalue weighted by Gasteiger charge is -1.96. The number of Topliss-reactive ketones (excluding diaryl/α,β-unsaturated/α-hetero) is 1. The lowest BCUT2D eigenvalue weighted by molar-refractivity contribution is 0.0984. The minimum Gasteiger partial charge on any atom is -0.360 e. The van der Waals surface area contributed by atoms with E-state index in [0.29, 0.717) is 11.3 Å². The van der Waals surface area contributed by atoms with Gasteiger partial charge in [-0.1, -0.05) is 65.8 Å². The van der Waals surface area contributed by atoms with E-state index >= 15 is 0 Å². The molecule has 0 radical (unpaired) electrons. The van der Waals surface area contributed by atoms with Gasteiger partial charge in [-0.05, 0) is 0 Å². The van der Waals surface area contributed by atoms with Crippen molar-refractivity contribution in [1.29, 1.82) is 0 Å². The Bertz CT molecular complexity index is 702. The number of aromatic nitrogens is 1. The second kappa shape index (κ2) is 5.53. The highest BCUT2D eigenvalue weighted by molar-refractivity contribution is 5.97. The van der Waals surface area contributed by atoms with Crippen molar-refractivity contribution >= 4 is 5.78 Å². The SMILES string of the molecule is O=C(Cc1cc(-c2ccccc2)no1)c1ccccc1. The minimum absolute atomic E-state index is 0.0290. The van der Waals surface area contributed by atoms with Gasteiger partial charge >= 0.3 is 0 Å². The Balaban J connectivity index is 1.77. The van der Waals surface area contributed by atoms with Gasteiger partial charge in [0.2, 0.25) is 0 Å². The normalized spacial score (nSPS) is 10.4. The van der Waals surface area contributed by atoms with Crippen LogP contribution in [-0.2, 0) is 6.42 Å². The molecule has 0 unspecified atom stereocenters. The monoisotopic (exact) mass is 263 g/mol. The molecular formula is C17H13NO2. The molecular weight excluding hydrogens is 250 g/mol. The van der Waals surface area contributed by atoms with E-state index in [9.17, 15) is 4.79 Å². The molecule has 1 aromatic heterocycles. The van der Waals surface area contributed by atoms with Crippen molar-refractivity contribution in [3.05, 3.63) is 78.1 Å². The largest absolute Gasteiger partial charge is 0.360 e. The zero-order chi connectivity index (χ0) is 13.8. The van der Waals surface area contributed by atoms with E-state index in [4.69, 9.17) is 4.52 Å². The van der Waals surface area contributed by atoms with Crippen LogP contribution in [-0.4, -0.2) is 10.9 Å². The number of hydrogen-bond donors (Lipinski definition) is 0. The summed E-state index contributed by atoms with van der Waals surface area (Å²) in [5, 5.41) is 4.01. The number of carbonyl (C=O) groups is 1. The summed E-state index contributed by atoms with van der Waals surface area (Å²) in [5.41, 5.74) is 2.42. The third-order valence-corrected chi connectivity index (χ3v) is 3.06. The highest BCUT2D eigenvalue weighted by Gasteiger charge is 2.12. The number of carbonyl (C=O) groups excluding carboxylic acids is 1. The van der Waals surface area contributed by atoms with E-state index < -0.39 is 0 Å². The van der Waals surface area contributed by atoms with Crippen molar-refractivity contribution < 1.29 is 9.32 Å². The number of hydrogen-bond acceptors (Lipinski definition) is 3. The summed E-state index contributed by atoms with van der Waals surface area (Å²) in [5.74, 6) is 0.610. The molecule has 0 spiro atoms. The van der Waals surface area contributed by atoms with Crippen molar-refractivity contribution in [2.75, 3.05) is 0 Å². The van der Waals surface area contributed by atoms with Crippen LogP contribution in [0.5, 0.6) is 0 Å². The Morgan fingerprint density at radius 1 is 0.950 bits per heavy atom. The second-order valence-electron chi connectivity index (χ2n) is 4.51. The third-order valence-electron chi connectivity index (χ3n) is 3.06. The smallest absolute Gasteiger partial charge is 0.170 e. The molecule has 0 fully saturated rings. The fourth-order valence-electron chi connectivity index (χ4n) is 2.03. The molecule has 0 N–H and O–H groups in total. The molecule has 3 aromatic rings. The molecule has 0 aliphatic rings. The first kappa shape index (κ1) is 12.4. The van der Waals surface area contributed by atoms with Crippen molar-refractivity contribution in [1.82, 2.24) is 5.16 Å². The lowest BCUT2D eigenvalue weighted by Crippen LogP contribution is -2.02. The third kappa shape index (κ3) is 2.67. The van der Waals surface area contributed by atoms with Crippen LogP contribution in [0.1, 0.15) is 16.1 Å². The molecule has 0 saturated heterocycles. The summed E-state index contributed by atoms with van der Waals surface area (Å²) < 4.78 is 5.24. The van der Waals surface area contributed by atoms with E-state index in [0.717, 1.165) is 11.3 Å². The maximum atomic E-state index is 12.1. The Morgan fingerprint density at radius 3 is 2.30 bits per heavy atom. The van der Waals surface area contributed by atoms with Gasteiger partial charge in [0, 0.05) is 17.2 Å². The van der Waals surface area contributed by atoms with E-state index in [1.807, 2.05) is 54.6 Å². The van der Waals surface area contributed by atoms with Crippen LogP contribution in [0.25, 0.3) is 11.3 Å². The van der Waals surface area contributed by atoms with Crippen LogP contribution in [0.15, 0.2) is 71.3 Å². The van der Waals surface area contributed by atoms with Gasteiger partial charge in [0.1, 0.15) is 11.5 Å². The molecule has 0 bridgehead atoms. The van der Waals surface area contributed by atoms with Crippen LogP contribution in [0.4, 0.5) is 0 Å². The molecule has 20 heavy (non-hydrogen) atoms. The van der Waals surface area contributed by atoms with Gasteiger partial charge < -0.3 is 4.52 Å². The lowest BCUT2D eigenvalue weighted by atomic mass is 10.1. The maximum absolute atomic E-state index is 12.1. The summed E-state index contributed by atoms with van der Waals surface area (Å²) in [6.45, 7) is 0. The van der Waals surface area contributed by atoms with Crippen LogP contribution in [0.2, 0.25) is 0 Å². The van der Waals surface area contributed by atoms with Gasteiger partial charge in [0.25, 0.3) is 0 Å². The molecule has 3 rings (SSSR count). The van der Waals surface area contributed by atoms with Crippen molar-refractivity contribution in [3.63, 3.8) is 0 Å². The molecule has 3 nitrogen and oxygen atoms in total. The van der Waals surface area contributed by atoms with Crippen LogP contribution < -0.4 is 0 Å². The molecule has 98 valence electrons. The van der Waals surface area contributed by atoms with Gasteiger partial charge in [-0.15, -0.1) is 0 Å². The first-order chi connectivity index (χ1) is 9.83. The number of rotatable bonds is 4. The number of nitrogens with zero attached hydrogens (tertiary/aromatic N) is 1. The molecule has 0 amide bonds. The first-order valence-electron chi connectivity index (χ1n) is 6.42. The van der Waals surface area contributed by atoms with Gasteiger partial charge in [0.05, 0.1) is 6.42 Å². The summed E-state index contributed by atoms with van der Waals surface area (Å²) in [4.78, 5) is 12.1. The zero-order valence-corrected chi connectivity index (χ0v) is 10.8. The van der Waals surface area contributed by atoms with Crippen molar-refractivity contribution in [2.24, 2.45) is 0 Å². The Labute approximate surface area is 116 Å². The Morgan fingerprint density at radius 2 is 1.60 bits per heavy atom. The highest BCUT2D eigenvalue weighted by atomic mass is 16.5. The molecule has 0 aliphatic carbocycles. The van der Waals surface area contributed by atoms with Crippen LogP contribution in [0, 0.1) is 0 Å². The predicted molar refractivity (Wildman–Crippen MR) is 76.4 cm³/mol. The van der Waals surface area contributed by atoms with E-state index in [-0.39, 0.29) is 12.2 Å². The molecule has 0 atom stereocenters. The van der Waals surface area contributed by atoms with Gasteiger partial charge in [0.15, 0.2) is 5.78 Å². The van der Waals surface area contributed by atoms with Crippen LogP contribution >= 0.6 is 0 Å². The summed E-state index contributed by atoms with van der Waals surface area (Å²) in [6, 6.07) is 20.8.